The first-order valence-electron chi connectivity index (χ1n) is 7.87. The van der Waals surface area contributed by atoms with Gasteiger partial charge in [0, 0.05) is 25.5 Å². The molecule has 2 heterocycles. The summed E-state index contributed by atoms with van der Waals surface area (Å²) in [5, 5.41) is 4.06. The largest absolute Gasteiger partial charge is 0.452 e. The molecule has 23 heavy (non-hydrogen) atoms. The van der Waals surface area contributed by atoms with E-state index in [0.717, 1.165) is 25.7 Å². The first-order valence-corrected chi connectivity index (χ1v) is 7.87. The number of carbonyl (C=O) groups is 2. The highest BCUT2D eigenvalue weighted by Gasteiger charge is 2.23. The number of ether oxygens (including phenoxy) is 1. The zero-order valence-electron chi connectivity index (χ0n) is 13.1. The van der Waals surface area contributed by atoms with Gasteiger partial charge in [0.05, 0.1) is 17.9 Å². The number of aromatic nitrogens is 3. The van der Waals surface area contributed by atoms with Crippen molar-refractivity contribution in [2.45, 2.75) is 38.1 Å². The van der Waals surface area contributed by atoms with Crippen LogP contribution in [0, 0.1) is 0 Å². The molecule has 0 spiro atoms. The Hall–Kier alpha value is -2.44. The molecule has 0 radical (unpaired) electrons. The van der Waals surface area contributed by atoms with Gasteiger partial charge in [-0.3, -0.25) is 9.78 Å². The molecule has 1 aliphatic carbocycles. The van der Waals surface area contributed by atoms with Crippen LogP contribution in [0.25, 0.3) is 5.52 Å². The Morgan fingerprint density at radius 3 is 2.87 bits per heavy atom. The van der Waals surface area contributed by atoms with Crippen LogP contribution in [0.3, 0.4) is 0 Å². The molecular weight excluding hydrogens is 296 g/mol. The Morgan fingerprint density at radius 1 is 1.30 bits per heavy atom. The van der Waals surface area contributed by atoms with Gasteiger partial charge in [-0.05, 0) is 12.8 Å². The van der Waals surface area contributed by atoms with E-state index < -0.39 is 5.97 Å². The molecule has 122 valence electrons. The van der Waals surface area contributed by atoms with Gasteiger partial charge in [-0.15, -0.1) is 0 Å². The predicted molar refractivity (Wildman–Crippen MR) is 82.9 cm³/mol. The molecule has 0 saturated heterocycles. The second-order valence-electron chi connectivity index (χ2n) is 5.84. The lowest BCUT2D eigenvalue weighted by Gasteiger charge is -2.31. The molecule has 0 bridgehead atoms. The lowest BCUT2D eigenvalue weighted by molar-refractivity contribution is -0.135. The van der Waals surface area contributed by atoms with E-state index in [1.807, 2.05) is 0 Å². The summed E-state index contributed by atoms with van der Waals surface area (Å²) >= 11 is 0. The first-order chi connectivity index (χ1) is 11.2. The van der Waals surface area contributed by atoms with E-state index in [-0.39, 0.29) is 18.6 Å². The van der Waals surface area contributed by atoms with Gasteiger partial charge in [-0.2, -0.15) is 5.10 Å². The van der Waals surface area contributed by atoms with Gasteiger partial charge >= 0.3 is 5.97 Å². The third kappa shape index (κ3) is 3.33. The Bertz CT molecular complexity index is 706. The maximum absolute atomic E-state index is 12.2. The summed E-state index contributed by atoms with van der Waals surface area (Å²) in [4.78, 5) is 30.0. The summed E-state index contributed by atoms with van der Waals surface area (Å²) in [6, 6.07) is 0.260. The Balaban J connectivity index is 1.59. The average Bonchev–Trinajstić information content (AvgIpc) is 3.03. The second kappa shape index (κ2) is 6.76. The Labute approximate surface area is 134 Å². The highest BCUT2D eigenvalue weighted by molar-refractivity contribution is 5.97. The van der Waals surface area contributed by atoms with Crippen molar-refractivity contribution in [3.63, 3.8) is 0 Å². The standard InChI is InChI=1S/C16H20N4O3/c1-19(12-5-3-2-4-6-12)15(21)11-23-16(22)13-9-18-20-8-7-17-10-14(13)20/h7-10,12H,2-6,11H2,1H3. The molecular formula is C16H20N4O3. The molecule has 0 atom stereocenters. The molecule has 1 amide bonds. The quantitative estimate of drug-likeness (QED) is 0.802. The maximum atomic E-state index is 12.2. The third-order valence-corrected chi connectivity index (χ3v) is 4.39. The fourth-order valence-electron chi connectivity index (χ4n) is 2.97. The van der Waals surface area contributed by atoms with Crippen LogP contribution in [-0.2, 0) is 9.53 Å². The minimum absolute atomic E-state index is 0.167. The van der Waals surface area contributed by atoms with Crippen LogP contribution in [0.15, 0.2) is 24.8 Å². The van der Waals surface area contributed by atoms with Crippen LogP contribution in [0.1, 0.15) is 42.5 Å². The summed E-state index contributed by atoms with van der Waals surface area (Å²) < 4.78 is 6.70. The molecule has 7 nitrogen and oxygen atoms in total. The minimum atomic E-state index is -0.557. The van der Waals surface area contributed by atoms with Crippen molar-refractivity contribution in [2.75, 3.05) is 13.7 Å². The highest BCUT2D eigenvalue weighted by Crippen LogP contribution is 2.21. The SMILES string of the molecule is CN(C(=O)COC(=O)c1cnn2ccncc12)C1CCCCC1. The van der Waals surface area contributed by atoms with Gasteiger partial charge in [-0.25, -0.2) is 9.31 Å². The van der Waals surface area contributed by atoms with Crippen molar-refractivity contribution in [1.29, 1.82) is 0 Å². The normalized spacial score (nSPS) is 15.5. The smallest absolute Gasteiger partial charge is 0.342 e. The van der Waals surface area contributed by atoms with Gasteiger partial charge in [0.15, 0.2) is 6.61 Å². The molecule has 1 saturated carbocycles. The number of rotatable bonds is 4. The van der Waals surface area contributed by atoms with E-state index in [2.05, 4.69) is 10.1 Å². The van der Waals surface area contributed by atoms with Gasteiger partial charge in [0.2, 0.25) is 0 Å². The molecule has 0 N–H and O–H groups in total. The van der Waals surface area contributed by atoms with Gasteiger partial charge in [0.1, 0.15) is 5.56 Å². The Kier molecular flexibility index (Phi) is 4.55. The van der Waals surface area contributed by atoms with Crippen molar-refractivity contribution in [2.24, 2.45) is 0 Å². The maximum Gasteiger partial charge on any atom is 0.342 e. The first kappa shape index (κ1) is 15.5. The predicted octanol–water partition coefficient (Wildman–Crippen LogP) is 1.68. The summed E-state index contributed by atoms with van der Waals surface area (Å²) in [7, 11) is 1.78. The number of fused-ring (bicyclic) bond motifs is 1. The number of amides is 1. The number of hydrogen-bond acceptors (Lipinski definition) is 5. The van der Waals surface area contributed by atoms with Crippen molar-refractivity contribution in [3.05, 3.63) is 30.4 Å². The molecule has 3 rings (SSSR count). The average molecular weight is 316 g/mol. The fourth-order valence-corrected chi connectivity index (χ4v) is 2.97. The van der Waals surface area contributed by atoms with E-state index in [4.69, 9.17) is 4.74 Å². The van der Waals surface area contributed by atoms with Crippen molar-refractivity contribution in [3.8, 4) is 0 Å². The third-order valence-electron chi connectivity index (χ3n) is 4.39. The summed E-state index contributed by atoms with van der Waals surface area (Å²) in [5.74, 6) is -0.724. The van der Waals surface area contributed by atoms with Crippen molar-refractivity contribution in [1.82, 2.24) is 19.5 Å². The topological polar surface area (TPSA) is 76.8 Å². The zero-order valence-corrected chi connectivity index (χ0v) is 13.1. The van der Waals surface area contributed by atoms with Gasteiger partial charge in [0.25, 0.3) is 5.91 Å². The molecule has 0 unspecified atom stereocenters. The molecule has 2 aromatic rings. The van der Waals surface area contributed by atoms with Crippen LogP contribution >= 0.6 is 0 Å². The van der Waals surface area contributed by atoms with E-state index in [9.17, 15) is 9.59 Å². The number of nitrogens with zero attached hydrogens (tertiary/aromatic N) is 4. The summed E-state index contributed by atoms with van der Waals surface area (Å²) in [5.41, 5.74) is 0.872. The molecule has 2 aromatic heterocycles. The van der Waals surface area contributed by atoms with Crippen LogP contribution in [0.5, 0.6) is 0 Å². The summed E-state index contributed by atoms with van der Waals surface area (Å²) in [6.07, 6.45) is 11.8. The highest BCUT2D eigenvalue weighted by atomic mass is 16.5. The lowest BCUT2D eigenvalue weighted by Crippen LogP contribution is -2.40. The van der Waals surface area contributed by atoms with Crippen LogP contribution in [0.2, 0.25) is 0 Å². The van der Waals surface area contributed by atoms with Gasteiger partial charge < -0.3 is 9.64 Å². The van der Waals surface area contributed by atoms with Crippen LogP contribution < -0.4 is 0 Å². The number of esters is 1. The van der Waals surface area contributed by atoms with Crippen LogP contribution in [-0.4, -0.2) is 51.1 Å². The molecule has 7 heteroatoms. The van der Waals surface area contributed by atoms with Crippen LogP contribution in [0.4, 0.5) is 0 Å². The fraction of sp³-hybridized carbons (Fsp3) is 0.500. The lowest BCUT2D eigenvalue weighted by atomic mass is 9.94. The van der Waals surface area contributed by atoms with E-state index in [1.165, 1.54) is 12.6 Å². The number of likely N-dealkylation sites (N-methyl/N-ethyl adjacent to an activating group) is 1. The molecule has 0 aromatic carbocycles. The minimum Gasteiger partial charge on any atom is -0.452 e. The molecule has 1 fully saturated rings. The zero-order chi connectivity index (χ0) is 16.2. The van der Waals surface area contributed by atoms with E-state index >= 15 is 0 Å². The van der Waals surface area contributed by atoms with E-state index in [0.29, 0.717) is 11.1 Å². The van der Waals surface area contributed by atoms with Crippen molar-refractivity contribution < 1.29 is 14.3 Å². The Morgan fingerprint density at radius 2 is 2.09 bits per heavy atom. The molecule has 0 aliphatic heterocycles. The second-order valence-corrected chi connectivity index (χ2v) is 5.84. The van der Waals surface area contributed by atoms with Crippen molar-refractivity contribution >= 4 is 17.4 Å². The monoisotopic (exact) mass is 316 g/mol. The molecule has 1 aliphatic rings. The number of carbonyl (C=O) groups excluding carboxylic acids is 2. The van der Waals surface area contributed by atoms with E-state index in [1.54, 1.807) is 35.1 Å². The summed E-state index contributed by atoms with van der Waals surface area (Å²) in [6.45, 7) is -0.247. The number of hydrogen-bond donors (Lipinski definition) is 0. The van der Waals surface area contributed by atoms with Gasteiger partial charge in [-0.1, -0.05) is 19.3 Å².